The van der Waals surface area contributed by atoms with Crippen molar-refractivity contribution in [2.45, 2.75) is 65.3 Å². The van der Waals surface area contributed by atoms with Crippen LogP contribution in [0.25, 0.3) is 10.8 Å². The Labute approximate surface area is 286 Å². The molecule has 50 heavy (non-hydrogen) atoms. The SMILES string of the molecule is C=C(C)C(=O)OCCN1C(=O)c2cccc3c(C#CCO[C@@H]4O[C@H](COC(C)=O)[C@@H](OC(C)=O)[C@H](OC(C)=O)[C@H]4OC(C)=O)ccc(c23)C1=O. The van der Waals surface area contributed by atoms with Crippen molar-refractivity contribution in [3.63, 3.8) is 0 Å². The lowest BCUT2D eigenvalue weighted by molar-refractivity contribution is -0.305. The summed E-state index contributed by atoms with van der Waals surface area (Å²) in [7, 11) is 0. The Morgan fingerprint density at radius 2 is 1.42 bits per heavy atom. The number of carbonyl (C=O) groups excluding carboxylic acids is 7. The molecule has 0 radical (unpaired) electrons. The third-order valence-electron chi connectivity index (χ3n) is 7.38. The van der Waals surface area contributed by atoms with Crippen molar-refractivity contribution < 1.29 is 66.7 Å². The normalized spacial score (nSPS) is 21.0. The number of hydrogen-bond donors (Lipinski definition) is 0. The molecule has 15 heteroatoms. The van der Waals surface area contributed by atoms with Gasteiger partial charge in [0.15, 0.2) is 24.6 Å². The summed E-state index contributed by atoms with van der Waals surface area (Å²) in [6.45, 7) is 8.39. The first-order chi connectivity index (χ1) is 23.7. The predicted octanol–water partition coefficient (Wildman–Crippen LogP) is 2.01. The molecular weight excluding hydrogens is 658 g/mol. The highest BCUT2D eigenvalue weighted by Crippen LogP contribution is 2.33. The zero-order chi connectivity index (χ0) is 36.7. The van der Waals surface area contributed by atoms with Crippen LogP contribution in [0.15, 0.2) is 42.5 Å². The molecule has 5 atom stereocenters. The summed E-state index contributed by atoms with van der Waals surface area (Å²) < 4.78 is 38.0. The summed E-state index contributed by atoms with van der Waals surface area (Å²) in [4.78, 5) is 87.0. The summed E-state index contributed by atoms with van der Waals surface area (Å²) in [5.41, 5.74) is 1.18. The number of esters is 5. The lowest BCUT2D eigenvalue weighted by atomic mass is 9.91. The van der Waals surface area contributed by atoms with Crippen LogP contribution in [0, 0.1) is 11.8 Å². The van der Waals surface area contributed by atoms with Gasteiger partial charge in [-0.1, -0.05) is 30.6 Å². The largest absolute Gasteiger partial charge is 0.463 e. The molecule has 264 valence electrons. The maximum absolute atomic E-state index is 13.3. The van der Waals surface area contributed by atoms with Crippen molar-refractivity contribution >= 4 is 52.4 Å². The van der Waals surface area contributed by atoms with E-state index in [0.717, 1.165) is 32.6 Å². The van der Waals surface area contributed by atoms with Crippen molar-refractivity contribution in [2.75, 3.05) is 26.4 Å². The average molecular weight is 694 g/mol. The van der Waals surface area contributed by atoms with Crippen LogP contribution >= 0.6 is 0 Å². The summed E-state index contributed by atoms with van der Waals surface area (Å²) in [5, 5.41) is 0.930. The minimum absolute atomic E-state index is 0.148. The number of ether oxygens (including phenoxy) is 7. The molecule has 0 bridgehead atoms. The number of amides is 2. The number of rotatable bonds is 11. The first-order valence-corrected chi connectivity index (χ1v) is 15.3. The van der Waals surface area contributed by atoms with Gasteiger partial charge in [0.1, 0.15) is 25.9 Å². The molecule has 1 saturated heterocycles. The summed E-state index contributed by atoms with van der Waals surface area (Å²) in [6.07, 6.45) is -6.76. The standard InChI is InChI=1S/C35H35NO14/c1-18(2)34(43)44-16-14-36-32(41)25-11-7-10-24-23(12-13-26(28(24)25)33(36)42)9-8-15-45-35-31(49-22(6)40)30(48-21(5)39)29(47-20(4)38)27(50-35)17-46-19(3)37/h7,10-13,27,29-31,35H,1,14-17H2,2-6H3/t27-,29-,30+,31-,35-/m1/s1. The Kier molecular flexibility index (Phi) is 12.1. The van der Waals surface area contributed by atoms with E-state index in [1.165, 1.54) is 13.0 Å². The van der Waals surface area contributed by atoms with E-state index in [1.54, 1.807) is 24.3 Å². The Morgan fingerprint density at radius 1 is 0.800 bits per heavy atom. The number of benzene rings is 2. The second kappa shape index (κ2) is 16.2. The van der Waals surface area contributed by atoms with Crippen molar-refractivity contribution in [3.05, 3.63) is 59.2 Å². The Balaban J connectivity index is 1.58. The lowest BCUT2D eigenvalue weighted by Crippen LogP contribution is -2.63. The quantitative estimate of drug-likeness (QED) is 0.109. The van der Waals surface area contributed by atoms with Gasteiger partial charge in [-0.15, -0.1) is 0 Å². The highest BCUT2D eigenvalue weighted by atomic mass is 16.7. The molecule has 2 aromatic rings. The van der Waals surface area contributed by atoms with E-state index in [0.29, 0.717) is 16.3 Å². The van der Waals surface area contributed by atoms with Gasteiger partial charge in [-0.25, -0.2) is 4.79 Å². The topological polar surface area (TPSA) is 187 Å². The second-order valence-electron chi connectivity index (χ2n) is 11.2. The fraction of sp³-hybridized carbons (Fsp3) is 0.400. The summed E-state index contributed by atoms with van der Waals surface area (Å²) in [5.74, 6) is 1.03. The van der Waals surface area contributed by atoms with Crippen molar-refractivity contribution in [2.24, 2.45) is 0 Å². The van der Waals surface area contributed by atoms with Crippen LogP contribution in [0.5, 0.6) is 0 Å². The van der Waals surface area contributed by atoms with Crippen LogP contribution in [0.3, 0.4) is 0 Å². The minimum atomic E-state index is -1.42. The summed E-state index contributed by atoms with van der Waals surface area (Å²) in [6, 6.07) is 8.08. The first kappa shape index (κ1) is 37.2. The maximum Gasteiger partial charge on any atom is 0.333 e. The Hall–Kier alpha value is -5.59. The van der Waals surface area contributed by atoms with Gasteiger partial charge in [-0.3, -0.25) is 33.7 Å². The summed E-state index contributed by atoms with van der Waals surface area (Å²) >= 11 is 0. The number of hydrogen-bond acceptors (Lipinski definition) is 14. The average Bonchev–Trinajstić information content (AvgIpc) is 3.04. The highest BCUT2D eigenvalue weighted by molar-refractivity contribution is 6.26. The van der Waals surface area contributed by atoms with Gasteiger partial charge in [0.05, 0.1) is 6.54 Å². The molecule has 2 amide bonds. The molecule has 15 nitrogen and oxygen atoms in total. The molecule has 0 aliphatic carbocycles. The molecule has 2 aliphatic heterocycles. The zero-order valence-corrected chi connectivity index (χ0v) is 28.0. The fourth-order valence-corrected chi connectivity index (χ4v) is 5.39. The van der Waals surface area contributed by atoms with Gasteiger partial charge < -0.3 is 33.2 Å². The van der Waals surface area contributed by atoms with E-state index in [2.05, 4.69) is 18.4 Å². The van der Waals surface area contributed by atoms with E-state index in [1.807, 2.05) is 0 Å². The molecular formula is C35H35NO14. The first-order valence-electron chi connectivity index (χ1n) is 15.3. The van der Waals surface area contributed by atoms with Crippen molar-refractivity contribution in [1.82, 2.24) is 4.90 Å². The zero-order valence-electron chi connectivity index (χ0n) is 28.0. The van der Waals surface area contributed by atoms with E-state index in [-0.39, 0.29) is 36.5 Å². The van der Waals surface area contributed by atoms with Crippen LogP contribution in [0.2, 0.25) is 0 Å². The molecule has 0 aromatic heterocycles. The van der Waals surface area contributed by atoms with E-state index in [4.69, 9.17) is 33.2 Å². The Bertz CT molecular complexity index is 1780. The van der Waals surface area contributed by atoms with Gasteiger partial charge in [0, 0.05) is 55.3 Å². The van der Waals surface area contributed by atoms with Gasteiger partial charge in [0.2, 0.25) is 0 Å². The van der Waals surface area contributed by atoms with Crippen LogP contribution in [-0.2, 0) is 57.1 Å². The van der Waals surface area contributed by atoms with Crippen LogP contribution in [0.1, 0.15) is 60.9 Å². The maximum atomic E-state index is 13.3. The molecule has 2 heterocycles. The van der Waals surface area contributed by atoms with Gasteiger partial charge in [0.25, 0.3) is 11.8 Å². The Morgan fingerprint density at radius 3 is 2.04 bits per heavy atom. The van der Waals surface area contributed by atoms with Gasteiger partial charge in [-0.2, -0.15) is 0 Å². The fourth-order valence-electron chi connectivity index (χ4n) is 5.39. The number of imide groups is 1. The third-order valence-corrected chi connectivity index (χ3v) is 7.38. The monoisotopic (exact) mass is 693 g/mol. The van der Waals surface area contributed by atoms with E-state index >= 15 is 0 Å². The molecule has 0 unspecified atom stereocenters. The van der Waals surface area contributed by atoms with Gasteiger partial charge in [-0.05, 0) is 30.5 Å². The molecule has 1 fully saturated rings. The predicted molar refractivity (Wildman–Crippen MR) is 170 cm³/mol. The van der Waals surface area contributed by atoms with Crippen LogP contribution < -0.4 is 0 Å². The molecule has 0 spiro atoms. The van der Waals surface area contributed by atoms with Crippen molar-refractivity contribution in [1.29, 1.82) is 0 Å². The molecule has 0 saturated carbocycles. The minimum Gasteiger partial charge on any atom is -0.463 e. The molecule has 0 N–H and O–H groups in total. The van der Waals surface area contributed by atoms with Crippen LogP contribution in [0.4, 0.5) is 0 Å². The number of nitrogens with zero attached hydrogens (tertiary/aromatic N) is 1. The van der Waals surface area contributed by atoms with Crippen molar-refractivity contribution in [3.8, 4) is 11.8 Å². The molecule has 2 aliphatic rings. The lowest BCUT2D eigenvalue weighted by Gasteiger charge is -2.43. The van der Waals surface area contributed by atoms with E-state index in [9.17, 15) is 33.6 Å². The van der Waals surface area contributed by atoms with Crippen LogP contribution in [-0.4, -0.2) is 104 Å². The van der Waals surface area contributed by atoms with E-state index < -0.39 is 79.0 Å². The molecule has 4 rings (SSSR count). The number of carbonyl (C=O) groups is 7. The highest BCUT2D eigenvalue weighted by Gasteiger charge is 2.52. The third kappa shape index (κ3) is 8.70. The smallest absolute Gasteiger partial charge is 0.333 e. The van der Waals surface area contributed by atoms with Gasteiger partial charge >= 0.3 is 29.8 Å². The second-order valence-corrected chi connectivity index (χ2v) is 11.2. The molecule has 2 aromatic carbocycles.